The van der Waals surface area contributed by atoms with E-state index in [0.29, 0.717) is 0 Å². The summed E-state index contributed by atoms with van der Waals surface area (Å²) in [5.74, 6) is 0. The average molecular weight is 169 g/mol. The molecule has 0 heterocycles. The van der Waals surface area contributed by atoms with Crippen molar-refractivity contribution in [3.05, 3.63) is 0 Å². The standard InChI is InChI=1S/CH4BNS4/c1-3-7(5)6(2)4/h2H,1H3. The summed E-state index contributed by atoms with van der Waals surface area (Å²) in [6.07, 6.45) is 0. The summed E-state index contributed by atoms with van der Waals surface area (Å²) in [4.78, 5) is 0. The maximum atomic E-state index is 4.77. The van der Waals surface area contributed by atoms with Gasteiger partial charge in [-0.25, -0.2) is 0 Å². The van der Waals surface area contributed by atoms with Crippen LogP contribution >= 0.6 is 0 Å². The fraction of sp³-hybridized carbons (Fsp3) is 1.00. The van der Waals surface area contributed by atoms with Gasteiger partial charge >= 0.3 is 55.8 Å². The van der Waals surface area contributed by atoms with Crippen molar-refractivity contribution in [2.45, 2.75) is 0 Å². The molecule has 0 fully saturated rings. The third-order valence-corrected chi connectivity index (χ3v) is 6.19. The second-order valence-electron chi connectivity index (χ2n) is 0.703. The molecule has 0 aliphatic carbocycles. The normalized spacial score (nSPS) is 7.43. The summed E-state index contributed by atoms with van der Waals surface area (Å²) >= 11 is 9.50. The Kier molecular flexibility index (Phi) is 4.11. The Morgan fingerprint density at radius 3 is 2.00 bits per heavy atom. The van der Waals surface area contributed by atoms with Crippen LogP contribution in [0.2, 0.25) is 0 Å². The van der Waals surface area contributed by atoms with Crippen LogP contribution in [-0.4, -0.2) is 13.8 Å². The molecule has 0 aliphatic heterocycles. The maximum absolute atomic E-state index is 4.77. The second kappa shape index (κ2) is 3.71. The quantitative estimate of drug-likeness (QED) is 0.461. The van der Waals surface area contributed by atoms with Crippen LogP contribution < -0.4 is 0 Å². The molecule has 40 valence electrons. The van der Waals surface area contributed by atoms with E-state index < -0.39 is 0 Å². The van der Waals surface area contributed by atoms with Crippen LogP contribution in [0.1, 0.15) is 0 Å². The molecule has 0 aromatic rings. The molecule has 0 bridgehead atoms. The number of hydrogen-bond donors (Lipinski definition) is 0. The SMILES string of the molecule is B=S(=S)=S(=S)=NC. The summed E-state index contributed by atoms with van der Waals surface area (Å²) < 4.78 is 3.78. The van der Waals surface area contributed by atoms with Crippen LogP contribution in [0.15, 0.2) is 4.36 Å². The van der Waals surface area contributed by atoms with Crippen LogP contribution in [0.5, 0.6) is 0 Å². The van der Waals surface area contributed by atoms with Crippen LogP contribution in [0.25, 0.3) is 0 Å². The number of hydrogen-bond acceptors (Lipinski definition) is 3. The topological polar surface area (TPSA) is 12.4 Å². The molecule has 0 N–H and O–H groups in total. The van der Waals surface area contributed by atoms with E-state index in [9.17, 15) is 0 Å². The van der Waals surface area contributed by atoms with Crippen molar-refractivity contribution in [2.75, 3.05) is 7.05 Å². The molecule has 0 amide bonds. The van der Waals surface area contributed by atoms with E-state index in [0.717, 1.165) is 0 Å². The Bertz CT molecular complexity index is 259. The first-order chi connectivity index (χ1) is 3.18. The summed E-state index contributed by atoms with van der Waals surface area (Å²) in [5.41, 5.74) is 0. The van der Waals surface area contributed by atoms with Gasteiger partial charge in [-0.1, -0.05) is 0 Å². The van der Waals surface area contributed by atoms with Gasteiger partial charge in [0.25, 0.3) is 0 Å². The molecule has 0 aliphatic rings. The van der Waals surface area contributed by atoms with Gasteiger partial charge in [-0.2, -0.15) is 0 Å². The molecule has 6 heteroatoms. The molecular formula is CH4BNS4. The minimum atomic E-state index is -0.389. The zero-order valence-corrected chi connectivity index (χ0v) is 7.05. The number of nitrogens with zero attached hydrogens (tertiary/aromatic N) is 1. The summed E-state index contributed by atoms with van der Waals surface area (Å²) in [6, 6.07) is 0. The predicted molar refractivity (Wildman–Crippen MR) is 45.0 cm³/mol. The van der Waals surface area contributed by atoms with Gasteiger partial charge in [-0.05, 0) is 0 Å². The molecule has 0 unspecified atom stereocenters. The first kappa shape index (κ1) is 7.74. The van der Waals surface area contributed by atoms with Crippen LogP contribution in [0, 0.1) is 0 Å². The van der Waals surface area contributed by atoms with Crippen molar-refractivity contribution in [3.63, 3.8) is 0 Å². The van der Waals surface area contributed by atoms with Crippen molar-refractivity contribution in [1.29, 1.82) is 0 Å². The van der Waals surface area contributed by atoms with Gasteiger partial charge < -0.3 is 0 Å². The first-order valence-electron chi connectivity index (χ1n) is 1.42. The zero-order valence-electron chi connectivity index (χ0n) is 3.79. The van der Waals surface area contributed by atoms with Gasteiger partial charge in [0, 0.05) is 0 Å². The van der Waals surface area contributed by atoms with E-state index in [1.807, 2.05) is 0 Å². The van der Waals surface area contributed by atoms with E-state index in [4.69, 9.17) is 22.4 Å². The fourth-order valence-electron chi connectivity index (χ4n) is 0.0831. The van der Waals surface area contributed by atoms with Crippen LogP contribution in [-0.2, 0) is 37.6 Å². The second-order valence-corrected chi connectivity index (χ2v) is 7.68. The van der Waals surface area contributed by atoms with Gasteiger partial charge in [-0.3, -0.25) is 0 Å². The Hall–Kier alpha value is 0.745. The van der Waals surface area contributed by atoms with Gasteiger partial charge in [0.1, 0.15) is 0 Å². The molecule has 0 radical (unpaired) electrons. The summed E-state index contributed by atoms with van der Waals surface area (Å²) in [5, 5.41) is 0. The van der Waals surface area contributed by atoms with Crippen molar-refractivity contribution in [3.8, 4) is 0 Å². The van der Waals surface area contributed by atoms with Gasteiger partial charge in [-0.15, -0.1) is 0 Å². The van der Waals surface area contributed by atoms with Crippen molar-refractivity contribution in [1.82, 2.24) is 0 Å². The van der Waals surface area contributed by atoms with E-state index in [1.165, 1.54) is 0 Å². The zero-order chi connectivity index (χ0) is 5.86. The van der Waals surface area contributed by atoms with Crippen molar-refractivity contribution in [2.24, 2.45) is 4.36 Å². The van der Waals surface area contributed by atoms with Crippen LogP contribution in [0.4, 0.5) is 0 Å². The van der Waals surface area contributed by atoms with Crippen molar-refractivity contribution < 1.29 is 0 Å². The Balaban J connectivity index is 5.68. The first-order valence-corrected chi connectivity index (χ1v) is 6.36. The molecule has 0 aromatic carbocycles. The fourth-order valence-corrected chi connectivity index (χ4v) is 1.30. The third kappa shape index (κ3) is 3.34. The minimum absolute atomic E-state index is 0.351. The molecule has 0 atom stereocenters. The number of rotatable bonds is 0. The predicted octanol–water partition coefficient (Wildman–Crippen LogP) is -0.309. The van der Waals surface area contributed by atoms with E-state index in [1.54, 1.807) is 7.05 Å². The summed E-state index contributed by atoms with van der Waals surface area (Å²) in [7, 11) is 0.934. The summed E-state index contributed by atoms with van der Waals surface area (Å²) in [6.45, 7) is 3.57. The molecule has 0 saturated carbocycles. The Morgan fingerprint density at radius 2 is 2.00 bits per heavy atom. The molecular weight excluding hydrogens is 165 g/mol. The monoisotopic (exact) mass is 169 g/mol. The van der Waals surface area contributed by atoms with E-state index >= 15 is 0 Å². The van der Waals surface area contributed by atoms with Crippen molar-refractivity contribution >= 4 is 44.3 Å². The van der Waals surface area contributed by atoms with E-state index in [2.05, 4.69) is 11.1 Å². The molecule has 0 aromatic heterocycles. The van der Waals surface area contributed by atoms with Gasteiger partial charge in [0.15, 0.2) is 0 Å². The Morgan fingerprint density at radius 1 is 1.57 bits per heavy atom. The molecule has 0 rings (SSSR count). The Labute approximate surface area is 55.8 Å². The molecule has 7 heavy (non-hydrogen) atoms. The van der Waals surface area contributed by atoms with Gasteiger partial charge in [0.05, 0.1) is 0 Å². The van der Waals surface area contributed by atoms with E-state index in [-0.39, 0.29) is 15.3 Å². The molecule has 0 spiro atoms. The van der Waals surface area contributed by atoms with Crippen LogP contribution in [0.3, 0.4) is 0 Å². The molecule has 0 saturated heterocycles. The van der Waals surface area contributed by atoms with Gasteiger partial charge in [0.2, 0.25) is 0 Å². The average Bonchev–Trinajstić information content (AvgIpc) is 1.65. The molecule has 1 nitrogen and oxygen atoms in total. The third-order valence-electron chi connectivity index (χ3n) is 0.308.